The molecule has 0 spiro atoms. The molecule has 0 bridgehead atoms. The topological polar surface area (TPSA) is 3.24 Å². The molecule has 1 unspecified atom stereocenters. The van der Waals surface area contributed by atoms with Gasteiger partial charge >= 0.3 is 0 Å². The van der Waals surface area contributed by atoms with Crippen LogP contribution in [-0.2, 0) is 19.3 Å². The van der Waals surface area contributed by atoms with Crippen LogP contribution in [0, 0.1) is 34.9 Å². The second-order valence-electron chi connectivity index (χ2n) is 9.49. The Morgan fingerprint density at radius 3 is 1.57 bits per heavy atom. The zero-order chi connectivity index (χ0) is 31.4. The van der Waals surface area contributed by atoms with Gasteiger partial charge in [0.15, 0.2) is 23.3 Å². The molecular formula is C33H31Cl2F6N. The maximum atomic E-state index is 14.1. The number of nitrogens with zero attached hydrogens (tertiary/aromatic N) is 1. The Morgan fingerprint density at radius 2 is 1.05 bits per heavy atom. The second-order valence-corrected chi connectivity index (χ2v) is 10.4. The molecule has 0 radical (unpaired) electrons. The summed E-state index contributed by atoms with van der Waals surface area (Å²) in [5.41, 5.74) is 1.36. The Labute approximate surface area is 253 Å². The summed E-state index contributed by atoms with van der Waals surface area (Å²) in [5, 5.41) is 1.19. The quantitative estimate of drug-likeness (QED) is 0.107. The van der Waals surface area contributed by atoms with Gasteiger partial charge in [-0.05, 0) is 93.0 Å². The van der Waals surface area contributed by atoms with Crippen molar-refractivity contribution in [1.82, 2.24) is 4.90 Å². The number of benzene rings is 4. The van der Waals surface area contributed by atoms with Crippen molar-refractivity contribution < 1.29 is 26.3 Å². The lowest BCUT2D eigenvalue weighted by molar-refractivity contribution is 0.355. The fourth-order valence-corrected chi connectivity index (χ4v) is 4.49. The minimum absolute atomic E-state index is 0.108. The molecule has 0 amide bonds. The predicted molar refractivity (Wildman–Crippen MR) is 159 cm³/mol. The van der Waals surface area contributed by atoms with Crippen molar-refractivity contribution in [3.05, 3.63) is 153 Å². The van der Waals surface area contributed by atoms with Gasteiger partial charge in [0.2, 0.25) is 0 Å². The molecule has 42 heavy (non-hydrogen) atoms. The van der Waals surface area contributed by atoms with Gasteiger partial charge in [0, 0.05) is 33.6 Å². The van der Waals surface area contributed by atoms with E-state index in [2.05, 4.69) is 13.2 Å². The van der Waals surface area contributed by atoms with Gasteiger partial charge in [-0.2, -0.15) is 0 Å². The average Bonchev–Trinajstić information content (AvgIpc) is 2.96. The minimum atomic E-state index is -1.11. The van der Waals surface area contributed by atoms with Crippen LogP contribution in [0.4, 0.5) is 26.3 Å². The first-order valence-electron chi connectivity index (χ1n) is 12.9. The van der Waals surface area contributed by atoms with E-state index < -0.39 is 40.8 Å². The molecule has 0 saturated heterocycles. The van der Waals surface area contributed by atoms with Crippen molar-refractivity contribution in [3.63, 3.8) is 0 Å². The highest BCUT2D eigenvalue weighted by molar-refractivity contribution is 6.30. The van der Waals surface area contributed by atoms with Crippen molar-refractivity contribution >= 4 is 23.2 Å². The molecule has 0 aromatic heterocycles. The fraction of sp³-hybridized carbons (Fsp3) is 0.212. The fourth-order valence-electron chi connectivity index (χ4n) is 4.24. The van der Waals surface area contributed by atoms with E-state index in [9.17, 15) is 26.3 Å². The first-order valence-corrected chi connectivity index (χ1v) is 13.6. The molecule has 1 nitrogen and oxygen atoms in total. The summed E-state index contributed by atoms with van der Waals surface area (Å²) in [6, 6.07) is 17.5. The lowest BCUT2D eigenvalue weighted by Crippen LogP contribution is -2.24. The van der Waals surface area contributed by atoms with E-state index in [1.807, 2.05) is 19.0 Å². The van der Waals surface area contributed by atoms with E-state index in [4.69, 9.17) is 23.2 Å². The first kappa shape index (κ1) is 34.9. The second kappa shape index (κ2) is 17.0. The Kier molecular flexibility index (Phi) is 14.1. The lowest BCUT2D eigenvalue weighted by atomic mass is 9.90. The van der Waals surface area contributed by atoms with Gasteiger partial charge in [0.25, 0.3) is 0 Å². The van der Waals surface area contributed by atoms with Gasteiger partial charge < -0.3 is 4.90 Å². The molecule has 4 rings (SSSR count). The van der Waals surface area contributed by atoms with Crippen LogP contribution in [0.3, 0.4) is 0 Å². The molecule has 0 aliphatic rings. The zero-order valence-electron chi connectivity index (χ0n) is 23.2. The third-order valence-corrected chi connectivity index (χ3v) is 6.69. The van der Waals surface area contributed by atoms with E-state index >= 15 is 0 Å². The summed E-state index contributed by atoms with van der Waals surface area (Å²) in [6.45, 7) is 6.40. The normalized spacial score (nSPS) is 11.3. The molecule has 4 aromatic rings. The van der Waals surface area contributed by atoms with Crippen LogP contribution < -0.4 is 0 Å². The van der Waals surface area contributed by atoms with Gasteiger partial charge in [-0.15, -0.1) is 13.2 Å². The monoisotopic (exact) mass is 625 g/mol. The Morgan fingerprint density at radius 1 is 0.595 bits per heavy atom. The molecular weight excluding hydrogens is 595 g/mol. The summed E-state index contributed by atoms with van der Waals surface area (Å²) in [6.07, 6.45) is 0.929. The van der Waals surface area contributed by atoms with Gasteiger partial charge in [-0.25, -0.2) is 26.3 Å². The number of aryl methyl sites for hydroxylation is 1. The van der Waals surface area contributed by atoms with Crippen LogP contribution in [0.15, 0.2) is 86.0 Å². The molecule has 224 valence electrons. The van der Waals surface area contributed by atoms with Crippen molar-refractivity contribution in [1.29, 1.82) is 0 Å². The van der Waals surface area contributed by atoms with E-state index in [-0.39, 0.29) is 17.5 Å². The van der Waals surface area contributed by atoms with E-state index in [1.54, 1.807) is 48.5 Å². The van der Waals surface area contributed by atoms with Crippen molar-refractivity contribution in [3.8, 4) is 0 Å². The number of halogens is 8. The van der Waals surface area contributed by atoms with Crippen molar-refractivity contribution in [2.75, 3.05) is 20.6 Å². The molecule has 0 aliphatic carbocycles. The zero-order valence-corrected chi connectivity index (χ0v) is 24.7. The Hall–Kier alpha value is -3.26. The van der Waals surface area contributed by atoms with Crippen LogP contribution in [0.5, 0.6) is 0 Å². The van der Waals surface area contributed by atoms with Crippen LogP contribution in [0.1, 0.15) is 28.2 Å². The maximum absolute atomic E-state index is 14.1. The third kappa shape index (κ3) is 10.2. The molecule has 0 aliphatic heterocycles. The number of hydrogen-bond acceptors (Lipinski definition) is 1. The minimum Gasteiger partial charge on any atom is -0.309 e. The van der Waals surface area contributed by atoms with Crippen molar-refractivity contribution in [2.45, 2.75) is 25.2 Å². The highest BCUT2D eigenvalue weighted by atomic mass is 35.5. The Bertz CT molecular complexity index is 1430. The van der Waals surface area contributed by atoms with Gasteiger partial charge in [0.1, 0.15) is 11.6 Å². The summed E-state index contributed by atoms with van der Waals surface area (Å²) >= 11 is 11.6. The summed E-state index contributed by atoms with van der Waals surface area (Å²) in [4.78, 5) is 1.82. The molecule has 1 atom stereocenters. The average molecular weight is 627 g/mol. The number of likely N-dealkylation sites (N-methyl/N-ethyl adjacent to an activating group) is 1. The van der Waals surface area contributed by atoms with Gasteiger partial charge in [-0.3, -0.25) is 0 Å². The van der Waals surface area contributed by atoms with E-state index in [1.165, 1.54) is 0 Å². The summed E-state index contributed by atoms with van der Waals surface area (Å²) in [5.74, 6) is -6.21. The van der Waals surface area contributed by atoms with Gasteiger partial charge in [-0.1, -0.05) is 47.5 Å². The van der Waals surface area contributed by atoms with E-state index in [0.717, 1.165) is 35.4 Å². The molecule has 0 saturated carbocycles. The molecule has 9 heteroatoms. The van der Waals surface area contributed by atoms with Crippen LogP contribution in [0.25, 0.3) is 0 Å². The van der Waals surface area contributed by atoms with Crippen LogP contribution >= 0.6 is 23.2 Å². The van der Waals surface area contributed by atoms with E-state index in [0.29, 0.717) is 29.4 Å². The van der Waals surface area contributed by atoms with Crippen LogP contribution in [0.2, 0.25) is 10.0 Å². The molecule has 0 heterocycles. The number of hydrogen-bond donors (Lipinski definition) is 0. The largest absolute Gasteiger partial charge is 0.309 e. The molecule has 4 aromatic carbocycles. The molecule has 0 fully saturated rings. The Balaban J connectivity index is 0.000000282. The molecule has 0 N–H and O–H groups in total. The highest BCUT2D eigenvalue weighted by Crippen LogP contribution is 2.29. The maximum Gasteiger partial charge on any atom is 0.165 e. The standard InChI is InChI=1S/C17H17ClF3N.C14H10ClF3.C2H4/c1-22(2)10-12(9-11-3-5-13(18)6-4-11)16-14(19)7-8-15(20)17(16)21;15-10-4-1-9(2-5-10)3-6-11-12(16)7-8-13(17)14(11)18;1-2/h3-8,12H,9-10H2,1-2H3;1-2,4-5,7-8H,3,6H2;1-2H2. The lowest BCUT2D eigenvalue weighted by Gasteiger charge is -2.23. The highest BCUT2D eigenvalue weighted by Gasteiger charge is 2.24. The smallest absolute Gasteiger partial charge is 0.165 e. The third-order valence-electron chi connectivity index (χ3n) is 6.18. The first-order chi connectivity index (χ1) is 20.0. The van der Waals surface area contributed by atoms with Gasteiger partial charge in [0.05, 0.1) is 0 Å². The predicted octanol–water partition coefficient (Wildman–Crippen LogP) is 9.99. The van der Waals surface area contributed by atoms with Crippen molar-refractivity contribution in [2.24, 2.45) is 0 Å². The number of rotatable bonds is 8. The van der Waals surface area contributed by atoms with Crippen LogP contribution in [-0.4, -0.2) is 25.5 Å². The SMILES string of the molecule is C=C.CN(C)CC(Cc1ccc(Cl)cc1)c1c(F)ccc(F)c1F.Fc1ccc(F)c(CCc2ccc(Cl)cc2)c1F. The summed E-state index contributed by atoms with van der Waals surface area (Å²) in [7, 11) is 3.62. The summed E-state index contributed by atoms with van der Waals surface area (Å²) < 4.78 is 81.3.